The predicted molar refractivity (Wildman–Crippen MR) is 153 cm³/mol. The molecule has 0 aliphatic carbocycles. The zero-order chi connectivity index (χ0) is 27.0. The number of aromatic amines is 1. The van der Waals surface area contributed by atoms with E-state index in [1.807, 2.05) is 79.0 Å². The number of ether oxygens (including phenoxy) is 1. The quantitative estimate of drug-likeness (QED) is 0.121. The van der Waals surface area contributed by atoms with Gasteiger partial charge in [-0.3, -0.25) is 14.9 Å². The Morgan fingerprint density at radius 3 is 2.44 bits per heavy atom. The molecule has 1 N–H and O–H groups in total. The molecule has 1 amide bonds. The van der Waals surface area contributed by atoms with Gasteiger partial charge in [0, 0.05) is 48.4 Å². The molecule has 5 rings (SSSR count). The Bertz CT molecular complexity index is 1610. The first-order valence-corrected chi connectivity index (χ1v) is 12.6. The molecule has 0 fully saturated rings. The lowest BCUT2D eigenvalue weighted by molar-refractivity contribution is -0.384. The van der Waals surface area contributed by atoms with Crippen LogP contribution in [0.4, 0.5) is 5.69 Å². The lowest BCUT2D eigenvalue weighted by Gasteiger charge is -2.22. The van der Waals surface area contributed by atoms with E-state index < -0.39 is 4.92 Å². The van der Waals surface area contributed by atoms with Crippen LogP contribution in [0.3, 0.4) is 0 Å². The number of nitrogens with zero attached hydrogens (tertiary/aromatic N) is 2. The summed E-state index contributed by atoms with van der Waals surface area (Å²) >= 11 is 0. The number of aromatic nitrogens is 1. The van der Waals surface area contributed by atoms with Crippen molar-refractivity contribution in [2.45, 2.75) is 13.0 Å². The van der Waals surface area contributed by atoms with Crippen molar-refractivity contribution < 1.29 is 14.5 Å². The third-order valence-corrected chi connectivity index (χ3v) is 6.41. The fourth-order valence-electron chi connectivity index (χ4n) is 4.39. The summed E-state index contributed by atoms with van der Waals surface area (Å²) in [6, 6.07) is 31.5. The second-order valence-corrected chi connectivity index (χ2v) is 9.11. The van der Waals surface area contributed by atoms with E-state index in [4.69, 9.17) is 4.74 Å². The molecule has 0 bridgehead atoms. The molecule has 5 aromatic rings. The molecule has 0 radical (unpaired) electrons. The van der Waals surface area contributed by atoms with Crippen LogP contribution >= 0.6 is 0 Å². The number of carbonyl (C=O) groups is 1. The van der Waals surface area contributed by atoms with Crippen molar-refractivity contribution in [3.63, 3.8) is 0 Å². The van der Waals surface area contributed by atoms with Crippen molar-refractivity contribution in [2.24, 2.45) is 0 Å². The molecule has 0 aliphatic rings. The minimum atomic E-state index is -0.444. The molecule has 0 atom stereocenters. The average molecular weight is 518 g/mol. The number of benzene rings is 4. The summed E-state index contributed by atoms with van der Waals surface area (Å²) in [6.07, 6.45) is 5.87. The van der Waals surface area contributed by atoms with Crippen LogP contribution in [0.15, 0.2) is 115 Å². The van der Waals surface area contributed by atoms with Gasteiger partial charge in [0.2, 0.25) is 5.91 Å². The minimum Gasteiger partial charge on any atom is -0.457 e. The Hall–Kier alpha value is -5.17. The molecule has 194 valence electrons. The fourth-order valence-corrected chi connectivity index (χ4v) is 4.39. The first-order chi connectivity index (χ1) is 19.0. The third kappa shape index (κ3) is 6.59. The number of hydrogen-bond acceptors (Lipinski definition) is 4. The molecule has 4 aromatic carbocycles. The van der Waals surface area contributed by atoms with Crippen molar-refractivity contribution in [3.8, 4) is 11.5 Å². The summed E-state index contributed by atoms with van der Waals surface area (Å²) in [4.78, 5) is 29.0. The van der Waals surface area contributed by atoms with Gasteiger partial charge >= 0.3 is 0 Å². The van der Waals surface area contributed by atoms with Crippen LogP contribution in [-0.4, -0.2) is 27.3 Å². The second-order valence-electron chi connectivity index (χ2n) is 9.11. The van der Waals surface area contributed by atoms with Crippen LogP contribution in [0.1, 0.15) is 16.7 Å². The lowest BCUT2D eigenvalue weighted by Crippen LogP contribution is -2.31. The molecule has 0 unspecified atom stereocenters. The van der Waals surface area contributed by atoms with Crippen molar-refractivity contribution >= 4 is 28.6 Å². The fraction of sp³-hybridized carbons (Fsp3) is 0.0938. The number of hydrogen-bond donors (Lipinski definition) is 1. The van der Waals surface area contributed by atoms with Gasteiger partial charge < -0.3 is 14.6 Å². The number of carbonyl (C=O) groups excluding carboxylic acids is 1. The maximum atomic E-state index is 13.4. The van der Waals surface area contributed by atoms with Gasteiger partial charge in [-0.15, -0.1) is 0 Å². The molecule has 7 heteroatoms. The zero-order valence-electron chi connectivity index (χ0n) is 21.2. The average Bonchev–Trinajstić information content (AvgIpc) is 3.38. The van der Waals surface area contributed by atoms with E-state index in [0.29, 0.717) is 30.8 Å². The van der Waals surface area contributed by atoms with Crippen LogP contribution in [0.5, 0.6) is 11.5 Å². The van der Waals surface area contributed by atoms with Gasteiger partial charge in [0.25, 0.3) is 5.69 Å². The van der Waals surface area contributed by atoms with Gasteiger partial charge in [0.1, 0.15) is 11.5 Å². The maximum Gasteiger partial charge on any atom is 0.269 e. The highest BCUT2D eigenvalue weighted by molar-refractivity contribution is 5.92. The number of H-pyrrole nitrogens is 1. The zero-order valence-corrected chi connectivity index (χ0v) is 21.2. The van der Waals surface area contributed by atoms with Crippen molar-refractivity contribution in [1.82, 2.24) is 9.88 Å². The van der Waals surface area contributed by atoms with Gasteiger partial charge in [-0.05, 0) is 71.7 Å². The van der Waals surface area contributed by atoms with E-state index in [1.54, 1.807) is 23.1 Å². The van der Waals surface area contributed by atoms with Crippen molar-refractivity contribution in [1.29, 1.82) is 0 Å². The number of amides is 1. The van der Waals surface area contributed by atoms with Gasteiger partial charge in [-0.1, -0.05) is 48.5 Å². The van der Waals surface area contributed by atoms with Gasteiger partial charge in [-0.25, -0.2) is 0 Å². The highest BCUT2D eigenvalue weighted by Gasteiger charge is 2.14. The Morgan fingerprint density at radius 2 is 1.64 bits per heavy atom. The smallest absolute Gasteiger partial charge is 0.269 e. The van der Waals surface area contributed by atoms with Gasteiger partial charge in [-0.2, -0.15) is 0 Å². The number of fused-ring (bicyclic) bond motifs is 1. The minimum absolute atomic E-state index is 0.0106. The molecule has 0 spiro atoms. The number of nitrogens with one attached hydrogen (secondary N) is 1. The molecule has 39 heavy (non-hydrogen) atoms. The van der Waals surface area contributed by atoms with E-state index in [2.05, 4.69) is 11.1 Å². The van der Waals surface area contributed by atoms with E-state index in [9.17, 15) is 14.9 Å². The van der Waals surface area contributed by atoms with Crippen LogP contribution < -0.4 is 4.74 Å². The molecular weight excluding hydrogens is 490 g/mol. The monoisotopic (exact) mass is 517 g/mol. The van der Waals surface area contributed by atoms with Crippen LogP contribution in [0, 0.1) is 10.1 Å². The van der Waals surface area contributed by atoms with E-state index in [1.165, 1.54) is 18.2 Å². The summed E-state index contributed by atoms with van der Waals surface area (Å²) in [5.41, 5.74) is 3.87. The molecule has 0 aliphatic heterocycles. The Labute approximate surface area is 226 Å². The summed E-state index contributed by atoms with van der Waals surface area (Å²) in [6.45, 7) is 0.910. The number of non-ortho nitro benzene ring substituents is 1. The number of nitro groups is 1. The van der Waals surface area contributed by atoms with E-state index >= 15 is 0 Å². The summed E-state index contributed by atoms with van der Waals surface area (Å²) in [5, 5.41) is 12.1. The standard InChI is InChI=1S/C32H27N3O4/c36-32(18-15-24-13-16-27(17-14-24)35(37)38)34(20-19-26-22-33-31-12-5-4-11-30(26)31)23-25-7-6-10-29(21-25)39-28-8-2-1-3-9-28/h1-18,21-22,33H,19-20,23H2. The highest BCUT2D eigenvalue weighted by Crippen LogP contribution is 2.23. The number of nitro benzene ring substituents is 1. The van der Waals surface area contributed by atoms with Crippen molar-refractivity contribution in [3.05, 3.63) is 142 Å². The molecule has 1 heterocycles. The Kier molecular flexibility index (Phi) is 7.79. The first-order valence-electron chi connectivity index (χ1n) is 12.6. The highest BCUT2D eigenvalue weighted by atomic mass is 16.6. The van der Waals surface area contributed by atoms with E-state index in [-0.39, 0.29) is 11.6 Å². The molecular formula is C32H27N3O4. The van der Waals surface area contributed by atoms with E-state index in [0.717, 1.165) is 27.8 Å². The molecule has 0 saturated heterocycles. The largest absolute Gasteiger partial charge is 0.457 e. The summed E-state index contributed by atoms with van der Waals surface area (Å²) in [7, 11) is 0. The lowest BCUT2D eigenvalue weighted by atomic mass is 10.1. The van der Waals surface area contributed by atoms with Gasteiger partial charge in [0.15, 0.2) is 0 Å². The predicted octanol–water partition coefficient (Wildman–Crippen LogP) is 7.15. The maximum absolute atomic E-state index is 13.4. The molecule has 1 aromatic heterocycles. The summed E-state index contributed by atoms with van der Waals surface area (Å²) in [5.74, 6) is 1.29. The SMILES string of the molecule is O=C(C=Cc1ccc([N+](=O)[O-])cc1)N(CCc1c[nH]c2ccccc12)Cc1cccc(Oc2ccccc2)c1. The van der Waals surface area contributed by atoms with Crippen LogP contribution in [0.2, 0.25) is 0 Å². The van der Waals surface area contributed by atoms with Crippen LogP contribution in [-0.2, 0) is 17.8 Å². The van der Waals surface area contributed by atoms with Crippen molar-refractivity contribution in [2.75, 3.05) is 6.54 Å². The molecule has 0 saturated carbocycles. The number of para-hydroxylation sites is 2. The Balaban J connectivity index is 1.35. The summed E-state index contributed by atoms with van der Waals surface area (Å²) < 4.78 is 5.99. The Morgan fingerprint density at radius 1 is 0.897 bits per heavy atom. The third-order valence-electron chi connectivity index (χ3n) is 6.41. The van der Waals surface area contributed by atoms with Gasteiger partial charge in [0.05, 0.1) is 4.92 Å². The number of rotatable bonds is 10. The first kappa shape index (κ1) is 25.5. The normalized spacial score (nSPS) is 11.1. The topological polar surface area (TPSA) is 88.5 Å². The second kappa shape index (κ2) is 11.9. The van der Waals surface area contributed by atoms with Crippen LogP contribution in [0.25, 0.3) is 17.0 Å². The molecule has 7 nitrogen and oxygen atoms in total.